The van der Waals surface area contributed by atoms with Crippen molar-refractivity contribution in [3.05, 3.63) is 53.3 Å². The molecule has 118 valence electrons. The van der Waals surface area contributed by atoms with Crippen LogP contribution < -0.4 is 14.8 Å². The summed E-state index contributed by atoms with van der Waals surface area (Å²) in [5.74, 6) is 1.17. The first kappa shape index (κ1) is 17.8. The van der Waals surface area contributed by atoms with Crippen LogP contribution in [0.4, 0.5) is 0 Å². The Balaban J connectivity index is 0.00000242. The van der Waals surface area contributed by atoms with Crippen LogP contribution in [-0.4, -0.2) is 25.1 Å². The number of carbonyl (C=O) groups excluding carboxylic acids is 1. The summed E-state index contributed by atoms with van der Waals surface area (Å²) < 4.78 is 10.5. The van der Waals surface area contributed by atoms with Crippen molar-refractivity contribution >= 4 is 18.3 Å². The molecule has 0 unspecified atom stereocenters. The van der Waals surface area contributed by atoms with E-state index < -0.39 is 0 Å². The average molecular weight is 323 g/mol. The molecular formula is C16H19ClN2O3. The Bertz CT molecular complexity index is 633. The Morgan fingerprint density at radius 3 is 2.50 bits per heavy atom. The minimum absolute atomic E-state index is 0. The number of pyridine rings is 1. The van der Waals surface area contributed by atoms with Gasteiger partial charge in [0.2, 0.25) is 0 Å². The number of amides is 1. The molecule has 0 aliphatic rings. The Hall–Kier alpha value is -2.27. The summed E-state index contributed by atoms with van der Waals surface area (Å²) in [4.78, 5) is 15.9. The zero-order chi connectivity index (χ0) is 15.2. The molecule has 5 nitrogen and oxygen atoms in total. The van der Waals surface area contributed by atoms with Crippen LogP contribution in [0.1, 0.15) is 21.5 Å². The van der Waals surface area contributed by atoms with E-state index in [9.17, 15) is 4.79 Å². The van der Waals surface area contributed by atoms with Crippen molar-refractivity contribution in [2.24, 2.45) is 0 Å². The molecule has 22 heavy (non-hydrogen) atoms. The fraction of sp³-hybridized carbons (Fsp3) is 0.250. The third-order valence-electron chi connectivity index (χ3n) is 3.21. The highest BCUT2D eigenvalue weighted by Gasteiger charge is 2.10. The number of nitrogens with one attached hydrogen (secondary N) is 1. The van der Waals surface area contributed by atoms with Gasteiger partial charge in [-0.15, -0.1) is 12.4 Å². The number of nitrogens with zero attached hydrogens (tertiary/aromatic N) is 1. The molecule has 0 saturated carbocycles. The maximum atomic E-state index is 12.0. The number of aromatic nitrogens is 1. The Morgan fingerprint density at radius 1 is 1.23 bits per heavy atom. The van der Waals surface area contributed by atoms with Gasteiger partial charge in [-0.25, -0.2) is 0 Å². The monoisotopic (exact) mass is 322 g/mol. The normalized spacial score (nSPS) is 9.59. The molecule has 1 aromatic heterocycles. The summed E-state index contributed by atoms with van der Waals surface area (Å²) in [5.41, 5.74) is 2.54. The lowest BCUT2D eigenvalue weighted by molar-refractivity contribution is 0.0950. The van der Waals surface area contributed by atoms with Gasteiger partial charge in [0.25, 0.3) is 5.91 Å². The van der Waals surface area contributed by atoms with Crippen LogP contribution >= 0.6 is 12.4 Å². The van der Waals surface area contributed by atoms with Crippen molar-refractivity contribution in [3.8, 4) is 11.5 Å². The highest BCUT2D eigenvalue weighted by atomic mass is 35.5. The largest absolute Gasteiger partial charge is 0.493 e. The number of hydrogen-bond donors (Lipinski definition) is 1. The van der Waals surface area contributed by atoms with Gasteiger partial charge >= 0.3 is 0 Å². The molecule has 0 spiro atoms. The number of ether oxygens (including phenoxy) is 2. The second-order valence-corrected chi connectivity index (χ2v) is 4.56. The predicted octanol–water partition coefficient (Wildman–Crippen LogP) is 2.76. The molecular weight excluding hydrogens is 304 g/mol. The van der Waals surface area contributed by atoms with E-state index in [1.54, 1.807) is 32.5 Å². The molecule has 0 aliphatic carbocycles. The predicted molar refractivity (Wildman–Crippen MR) is 86.9 cm³/mol. The second kappa shape index (κ2) is 8.24. The lowest BCUT2D eigenvalue weighted by Gasteiger charge is -2.13. The van der Waals surface area contributed by atoms with Crippen molar-refractivity contribution in [2.45, 2.75) is 13.5 Å². The van der Waals surface area contributed by atoms with Gasteiger partial charge in [-0.05, 0) is 42.3 Å². The van der Waals surface area contributed by atoms with E-state index in [2.05, 4.69) is 10.3 Å². The van der Waals surface area contributed by atoms with Crippen LogP contribution in [0.3, 0.4) is 0 Å². The number of halogens is 1. The third kappa shape index (κ3) is 4.11. The van der Waals surface area contributed by atoms with Crippen molar-refractivity contribution in [1.29, 1.82) is 0 Å². The van der Waals surface area contributed by atoms with Crippen LogP contribution in [0.25, 0.3) is 0 Å². The van der Waals surface area contributed by atoms with Gasteiger partial charge in [0.15, 0.2) is 11.5 Å². The summed E-state index contributed by atoms with van der Waals surface area (Å²) in [6.45, 7) is 2.38. The number of hydrogen-bond acceptors (Lipinski definition) is 4. The van der Waals surface area contributed by atoms with E-state index in [-0.39, 0.29) is 18.3 Å². The van der Waals surface area contributed by atoms with Crippen molar-refractivity contribution in [1.82, 2.24) is 10.3 Å². The second-order valence-electron chi connectivity index (χ2n) is 4.56. The molecule has 0 atom stereocenters. The first-order valence-electron chi connectivity index (χ1n) is 6.55. The van der Waals surface area contributed by atoms with Crippen molar-refractivity contribution in [3.63, 3.8) is 0 Å². The van der Waals surface area contributed by atoms with Crippen LogP contribution in [-0.2, 0) is 6.54 Å². The lowest BCUT2D eigenvalue weighted by atomic mass is 10.1. The molecule has 0 aliphatic heterocycles. The molecule has 0 saturated heterocycles. The zero-order valence-electron chi connectivity index (χ0n) is 12.8. The van der Waals surface area contributed by atoms with Crippen LogP contribution in [0.15, 0.2) is 36.7 Å². The standard InChI is InChI=1S/C16H18N2O3.ClH/c1-11-7-14(20-2)15(21-3)8-13(11)10-18-16(19)12-5-4-6-17-9-12;/h4-9H,10H2,1-3H3,(H,18,19);1H. The topological polar surface area (TPSA) is 60.5 Å². The molecule has 2 aromatic rings. The van der Waals surface area contributed by atoms with E-state index >= 15 is 0 Å². The summed E-state index contributed by atoms with van der Waals surface area (Å²) in [7, 11) is 3.19. The van der Waals surface area contributed by atoms with Gasteiger partial charge in [0, 0.05) is 18.9 Å². The SMILES string of the molecule is COc1cc(C)c(CNC(=O)c2cccnc2)cc1OC.Cl. The summed E-state index contributed by atoms with van der Waals surface area (Å²) in [5, 5.41) is 2.87. The number of benzene rings is 1. The van der Waals surface area contributed by atoms with Crippen molar-refractivity contribution in [2.75, 3.05) is 14.2 Å². The summed E-state index contributed by atoms with van der Waals surface area (Å²) in [6.07, 6.45) is 3.17. The van der Waals surface area contributed by atoms with Gasteiger partial charge in [-0.3, -0.25) is 9.78 Å². The fourth-order valence-electron chi connectivity index (χ4n) is 1.99. The molecule has 1 amide bonds. The maximum Gasteiger partial charge on any atom is 0.253 e. The van der Waals surface area contributed by atoms with Crippen LogP contribution in [0.5, 0.6) is 11.5 Å². The van der Waals surface area contributed by atoms with E-state index in [1.807, 2.05) is 19.1 Å². The molecule has 1 N–H and O–H groups in total. The van der Waals surface area contributed by atoms with Gasteiger partial charge in [0.1, 0.15) is 0 Å². The number of methoxy groups -OCH3 is 2. The smallest absolute Gasteiger partial charge is 0.253 e. The average Bonchev–Trinajstić information content (AvgIpc) is 2.53. The lowest BCUT2D eigenvalue weighted by Crippen LogP contribution is -2.23. The van der Waals surface area contributed by atoms with Crippen molar-refractivity contribution < 1.29 is 14.3 Å². The Morgan fingerprint density at radius 2 is 1.91 bits per heavy atom. The van der Waals surface area contributed by atoms with E-state index in [1.165, 1.54) is 6.20 Å². The number of aryl methyl sites for hydroxylation is 1. The highest BCUT2D eigenvalue weighted by molar-refractivity contribution is 5.93. The molecule has 0 bridgehead atoms. The zero-order valence-corrected chi connectivity index (χ0v) is 13.6. The van der Waals surface area contributed by atoms with Gasteiger partial charge in [0.05, 0.1) is 19.8 Å². The fourth-order valence-corrected chi connectivity index (χ4v) is 1.99. The first-order valence-corrected chi connectivity index (χ1v) is 6.55. The molecule has 1 aromatic carbocycles. The van der Waals surface area contributed by atoms with E-state index in [0.29, 0.717) is 23.6 Å². The minimum atomic E-state index is -0.155. The maximum absolute atomic E-state index is 12.0. The Labute approximate surface area is 136 Å². The van der Waals surface area contributed by atoms with Gasteiger partial charge in [-0.1, -0.05) is 0 Å². The van der Waals surface area contributed by atoms with E-state index in [4.69, 9.17) is 9.47 Å². The molecule has 0 fully saturated rings. The summed E-state index contributed by atoms with van der Waals surface area (Å²) in [6, 6.07) is 7.22. The number of rotatable bonds is 5. The highest BCUT2D eigenvalue weighted by Crippen LogP contribution is 2.30. The number of carbonyl (C=O) groups is 1. The van der Waals surface area contributed by atoms with Crippen LogP contribution in [0, 0.1) is 6.92 Å². The third-order valence-corrected chi connectivity index (χ3v) is 3.21. The molecule has 2 rings (SSSR count). The van der Waals surface area contributed by atoms with Gasteiger partial charge in [-0.2, -0.15) is 0 Å². The van der Waals surface area contributed by atoms with E-state index in [0.717, 1.165) is 11.1 Å². The quantitative estimate of drug-likeness (QED) is 0.919. The summed E-state index contributed by atoms with van der Waals surface area (Å²) >= 11 is 0. The first-order chi connectivity index (χ1) is 10.2. The Kier molecular flexibility index (Phi) is 6.66. The molecule has 6 heteroatoms. The minimum Gasteiger partial charge on any atom is -0.493 e. The molecule has 1 heterocycles. The van der Waals surface area contributed by atoms with Gasteiger partial charge < -0.3 is 14.8 Å². The van der Waals surface area contributed by atoms with Crippen LogP contribution in [0.2, 0.25) is 0 Å². The molecule has 0 radical (unpaired) electrons.